The lowest BCUT2D eigenvalue weighted by Gasteiger charge is -2.22. The first-order valence-corrected chi connectivity index (χ1v) is 10.1. The van der Waals surface area contributed by atoms with Crippen molar-refractivity contribution in [2.45, 2.75) is 51.5 Å². The molecule has 0 saturated carbocycles. The maximum atomic E-state index is 5.54. The van der Waals surface area contributed by atoms with E-state index in [4.69, 9.17) is 19.6 Å². The molecule has 0 bridgehead atoms. The predicted octanol–water partition coefficient (Wildman–Crippen LogP) is 4.64. The van der Waals surface area contributed by atoms with Crippen molar-refractivity contribution in [1.29, 1.82) is 0 Å². The zero-order chi connectivity index (χ0) is 17.7. The van der Waals surface area contributed by atoms with Gasteiger partial charge in [-0.3, -0.25) is 0 Å². The zero-order valence-electron chi connectivity index (χ0n) is 15.3. The summed E-state index contributed by atoms with van der Waals surface area (Å²) in [5.74, 6) is 2.79. The molecule has 0 aliphatic rings. The number of nitrogens with zero attached hydrogens (tertiary/aromatic N) is 3. The van der Waals surface area contributed by atoms with Crippen molar-refractivity contribution in [2.75, 3.05) is 20.0 Å². The molecule has 0 fully saturated rings. The Bertz CT molecular complexity index is 652. The summed E-state index contributed by atoms with van der Waals surface area (Å²) in [5.41, 5.74) is 0.816. The Labute approximate surface area is 152 Å². The average molecular weight is 370 g/mol. The Kier molecular flexibility index (Phi) is 6.71. The Hall–Kier alpha value is -1.05. The second kappa shape index (κ2) is 8.36. The van der Waals surface area contributed by atoms with Gasteiger partial charge in [-0.2, -0.15) is 16.9 Å². The quantitative estimate of drug-likeness (QED) is 0.644. The molecule has 2 heterocycles. The van der Waals surface area contributed by atoms with Crippen LogP contribution in [0.2, 0.25) is 0 Å². The molecule has 0 N–H and O–H groups in total. The van der Waals surface area contributed by atoms with Crippen molar-refractivity contribution in [3.8, 4) is 16.5 Å². The fourth-order valence-corrected chi connectivity index (χ4v) is 3.77. The fraction of sp³-hybridized carbons (Fsp3) is 0.647. The molecule has 0 spiro atoms. The summed E-state index contributed by atoms with van der Waals surface area (Å²) < 4.78 is 13.0. The van der Waals surface area contributed by atoms with Gasteiger partial charge in [-0.15, -0.1) is 11.3 Å². The SMILES string of the molecule is CCSC(C)c1nc(-c2ccsc2OC)n(CCC(C)(C)OC)n1. The molecule has 2 aromatic rings. The van der Waals surface area contributed by atoms with Gasteiger partial charge < -0.3 is 9.47 Å². The van der Waals surface area contributed by atoms with E-state index in [0.717, 1.165) is 41.0 Å². The number of thioether (sulfide) groups is 1. The van der Waals surface area contributed by atoms with Crippen LogP contribution in [0.15, 0.2) is 11.4 Å². The maximum Gasteiger partial charge on any atom is 0.184 e. The van der Waals surface area contributed by atoms with Crippen LogP contribution in [0.1, 0.15) is 45.2 Å². The van der Waals surface area contributed by atoms with E-state index in [-0.39, 0.29) is 10.9 Å². The third-order valence-electron chi connectivity index (χ3n) is 4.00. The molecule has 5 nitrogen and oxygen atoms in total. The minimum Gasteiger partial charge on any atom is -0.487 e. The molecule has 0 saturated heterocycles. The number of methoxy groups -OCH3 is 2. The molecule has 0 aliphatic heterocycles. The molecule has 2 aromatic heterocycles. The molecule has 0 aliphatic carbocycles. The van der Waals surface area contributed by atoms with Crippen molar-refractivity contribution in [1.82, 2.24) is 14.8 Å². The van der Waals surface area contributed by atoms with E-state index < -0.39 is 0 Å². The highest BCUT2D eigenvalue weighted by atomic mass is 32.2. The maximum absolute atomic E-state index is 5.54. The van der Waals surface area contributed by atoms with Gasteiger partial charge in [0.15, 0.2) is 16.7 Å². The molecule has 24 heavy (non-hydrogen) atoms. The van der Waals surface area contributed by atoms with Gasteiger partial charge in [-0.25, -0.2) is 9.67 Å². The van der Waals surface area contributed by atoms with Crippen LogP contribution < -0.4 is 4.74 Å². The van der Waals surface area contributed by atoms with Crippen LogP contribution in [0, 0.1) is 0 Å². The van der Waals surface area contributed by atoms with Gasteiger partial charge in [0.05, 0.1) is 23.5 Å². The largest absolute Gasteiger partial charge is 0.487 e. The third kappa shape index (κ3) is 4.52. The number of aryl methyl sites for hydroxylation is 1. The van der Waals surface area contributed by atoms with Crippen LogP contribution in [-0.2, 0) is 11.3 Å². The van der Waals surface area contributed by atoms with E-state index in [1.807, 2.05) is 27.9 Å². The van der Waals surface area contributed by atoms with Crippen molar-refractivity contribution in [3.05, 3.63) is 17.3 Å². The Morgan fingerprint density at radius 2 is 2.12 bits per heavy atom. The first kappa shape index (κ1) is 19.3. The zero-order valence-corrected chi connectivity index (χ0v) is 17.0. The van der Waals surface area contributed by atoms with Crippen LogP contribution >= 0.6 is 23.1 Å². The number of ether oxygens (including phenoxy) is 2. The second-order valence-electron chi connectivity index (χ2n) is 6.15. The van der Waals surface area contributed by atoms with E-state index >= 15 is 0 Å². The summed E-state index contributed by atoms with van der Waals surface area (Å²) in [7, 11) is 3.44. The molecule has 0 radical (unpaired) electrons. The molecule has 0 aromatic carbocycles. The number of hydrogen-bond acceptors (Lipinski definition) is 6. The second-order valence-corrected chi connectivity index (χ2v) is 8.65. The van der Waals surface area contributed by atoms with Gasteiger partial charge in [0.2, 0.25) is 0 Å². The standard InChI is InChI=1S/C17H27N3O2S2/c1-7-23-12(2)14-18-15(13-8-11-24-16(13)21-5)20(19-14)10-9-17(3,4)22-6/h8,11-12H,7,9-10H2,1-6H3. The van der Waals surface area contributed by atoms with Gasteiger partial charge in [0.1, 0.15) is 0 Å². The van der Waals surface area contributed by atoms with Crippen LogP contribution in [0.3, 0.4) is 0 Å². The predicted molar refractivity (Wildman–Crippen MR) is 102 cm³/mol. The summed E-state index contributed by atoms with van der Waals surface area (Å²) >= 11 is 3.43. The van der Waals surface area contributed by atoms with E-state index in [9.17, 15) is 0 Å². The minimum absolute atomic E-state index is 0.189. The minimum atomic E-state index is -0.189. The molecule has 134 valence electrons. The summed E-state index contributed by atoms with van der Waals surface area (Å²) in [6.07, 6.45) is 0.862. The Morgan fingerprint density at radius 1 is 1.38 bits per heavy atom. The van der Waals surface area contributed by atoms with Crippen LogP contribution in [-0.4, -0.2) is 40.3 Å². The lowest BCUT2D eigenvalue weighted by atomic mass is 10.1. The summed E-state index contributed by atoms with van der Waals surface area (Å²) in [6, 6.07) is 2.05. The number of thiophene rings is 1. The van der Waals surface area contributed by atoms with Crippen LogP contribution in [0.4, 0.5) is 0 Å². The molecule has 7 heteroatoms. The summed E-state index contributed by atoms with van der Waals surface area (Å²) in [5, 5.41) is 7.95. The lowest BCUT2D eigenvalue weighted by molar-refractivity contribution is 0.0114. The van der Waals surface area contributed by atoms with E-state index in [1.54, 1.807) is 25.6 Å². The molecule has 0 amide bonds. The number of hydrogen-bond donors (Lipinski definition) is 0. The average Bonchev–Trinajstić information content (AvgIpc) is 3.19. The third-order valence-corrected chi connectivity index (χ3v) is 5.92. The molecule has 1 unspecified atom stereocenters. The molecular formula is C17H27N3O2S2. The van der Waals surface area contributed by atoms with Crippen molar-refractivity contribution in [3.63, 3.8) is 0 Å². The van der Waals surface area contributed by atoms with E-state index in [1.165, 1.54) is 0 Å². The molecular weight excluding hydrogens is 342 g/mol. The van der Waals surface area contributed by atoms with Gasteiger partial charge in [-0.05, 0) is 44.4 Å². The van der Waals surface area contributed by atoms with Gasteiger partial charge in [0.25, 0.3) is 0 Å². The van der Waals surface area contributed by atoms with Crippen molar-refractivity contribution < 1.29 is 9.47 Å². The van der Waals surface area contributed by atoms with Crippen LogP contribution in [0.5, 0.6) is 5.06 Å². The first-order chi connectivity index (χ1) is 11.4. The first-order valence-electron chi connectivity index (χ1n) is 8.15. The van der Waals surface area contributed by atoms with Gasteiger partial charge in [-0.1, -0.05) is 6.92 Å². The fourth-order valence-electron chi connectivity index (χ4n) is 2.31. The monoisotopic (exact) mass is 369 g/mol. The smallest absolute Gasteiger partial charge is 0.184 e. The normalized spacial score (nSPS) is 13.2. The summed E-state index contributed by atoms with van der Waals surface area (Å²) in [4.78, 5) is 4.82. The highest BCUT2D eigenvalue weighted by Gasteiger charge is 2.22. The topological polar surface area (TPSA) is 49.2 Å². The van der Waals surface area contributed by atoms with Gasteiger partial charge in [0, 0.05) is 13.7 Å². The molecule has 1 atom stereocenters. The van der Waals surface area contributed by atoms with Crippen LogP contribution in [0.25, 0.3) is 11.4 Å². The van der Waals surface area contributed by atoms with Crippen molar-refractivity contribution >= 4 is 23.1 Å². The highest BCUT2D eigenvalue weighted by Crippen LogP contribution is 2.36. The van der Waals surface area contributed by atoms with E-state index in [2.05, 4.69) is 27.7 Å². The number of aromatic nitrogens is 3. The van der Waals surface area contributed by atoms with Crippen molar-refractivity contribution in [2.24, 2.45) is 0 Å². The highest BCUT2D eigenvalue weighted by molar-refractivity contribution is 7.99. The Balaban J connectivity index is 2.35. The number of rotatable bonds is 9. The lowest BCUT2D eigenvalue weighted by Crippen LogP contribution is -2.25. The summed E-state index contributed by atoms with van der Waals surface area (Å²) in [6.45, 7) is 9.24. The Morgan fingerprint density at radius 3 is 2.75 bits per heavy atom. The van der Waals surface area contributed by atoms with E-state index in [0.29, 0.717) is 0 Å². The molecule has 2 rings (SSSR count). The van der Waals surface area contributed by atoms with Gasteiger partial charge >= 0.3 is 0 Å².